The Morgan fingerprint density at radius 2 is 1.50 bits per heavy atom. The van der Waals surface area contributed by atoms with Crippen LogP contribution in [0.25, 0.3) is 0 Å². The second-order valence-electron chi connectivity index (χ2n) is 0.509. The van der Waals surface area contributed by atoms with Gasteiger partial charge in [-0.25, -0.2) is 0 Å². The van der Waals surface area contributed by atoms with Crippen LogP contribution >= 0.6 is 16.1 Å². The molecule has 8 heavy (non-hydrogen) atoms. The molecule has 0 atom stereocenters. The molecule has 0 saturated heterocycles. The Hall–Kier alpha value is 1.66. The van der Waals surface area contributed by atoms with E-state index in [1.165, 1.54) is 0 Å². The van der Waals surface area contributed by atoms with Crippen LogP contribution < -0.4 is 11.5 Å². The zero-order valence-corrected chi connectivity index (χ0v) is 9.96. The van der Waals surface area contributed by atoms with Crippen LogP contribution in [0.1, 0.15) is 0 Å². The minimum Gasteiger partial charge on any atom is -0.369 e. The maximum atomic E-state index is 4.77. The van der Waals surface area contributed by atoms with E-state index in [1.54, 1.807) is 0 Å². The Bertz CT molecular complexity index is 57.2. The summed E-state index contributed by atoms with van der Waals surface area (Å²) in [6.07, 6.45) is 0. The summed E-state index contributed by atoms with van der Waals surface area (Å²) in [5, 5.41) is 0. The van der Waals surface area contributed by atoms with Gasteiger partial charge < -0.3 is 11.5 Å². The number of nitrogens with zero attached hydrogens (tertiary/aromatic N) is 1. The second kappa shape index (κ2) is 15.9. The molecular formula is CH4BrCoMnN3Zr. The minimum absolute atomic E-state index is 0. The van der Waals surface area contributed by atoms with Crippen LogP contribution in [0.15, 0.2) is 4.02 Å². The van der Waals surface area contributed by atoms with Crippen molar-refractivity contribution in [3.05, 3.63) is 0 Å². The predicted molar refractivity (Wildman–Crippen MR) is 24.7 cm³/mol. The monoisotopic (exact) mass is 341 g/mol. The topological polar surface area (TPSA) is 64.4 Å². The van der Waals surface area contributed by atoms with E-state index in [4.69, 9.17) is 11.5 Å². The molecule has 3 nitrogen and oxygen atoms in total. The molecule has 0 rings (SSSR count). The van der Waals surface area contributed by atoms with E-state index in [-0.39, 0.29) is 66.0 Å². The largest absolute Gasteiger partial charge is 0.369 e. The maximum Gasteiger partial charge on any atom is 0.197 e. The Balaban J connectivity index is -0.0000000267. The van der Waals surface area contributed by atoms with Gasteiger partial charge in [0, 0.05) is 60.1 Å². The Morgan fingerprint density at radius 1 is 1.38 bits per heavy atom. The summed E-state index contributed by atoms with van der Waals surface area (Å²) in [6.45, 7) is 0. The molecule has 50 valence electrons. The second-order valence-corrected chi connectivity index (χ2v) is 0.864. The fourth-order valence-corrected chi connectivity index (χ4v) is 0. The molecule has 7 heteroatoms. The number of guanidine groups is 1. The first-order valence-corrected chi connectivity index (χ1v) is 1.68. The van der Waals surface area contributed by atoms with Crippen molar-refractivity contribution in [3.63, 3.8) is 0 Å². The van der Waals surface area contributed by atoms with Gasteiger partial charge in [-0.2, -0.15) is 4.02 Å². The van der Waals surface area contributed by atoms with Gasteiger partial charge in [-0.05, 0) is 0 Å². The molecule has 0 heterocycles. The normalized spacial score (nSPS) is 4.12. The van der Waals surface area contributed by atoms with E-state index in [1.807, 2.05) is 0 Å². The standard InChI is InChI=1S/CH4BrN3.Co.Mn.Zr/c2-5-1(3)4;;;/h(H4,3,4,5);;;. The molecule has 0 aliphatic heterocycles. The SMILES string of the molecule is NC(N)=NBr.[Co].[Mn].[Zr]. The molecule has 0 fully saturated rings. The van der Waals surface area contributed by atoms with Gasteiger partial charge in [-0.3, -0.25) is 0 Å². The average molecular weight is 343 g/mol. The summed E-state index contributed by atoms with van der Waals surface area (Å²) in [7, 11) is 0. The Labute approximate surface area is 96.6 Å². The van der Waals surface area contributed by atoms with Crippen LogP contribution in [-0.2, 0) is 60.1 Å². The van der Waals surface area contributed by atoms with Crippen LogP contribution in [-0.4, -0.2) is 5.96 Å². The summed E-state index contributed by atoms with van der Waals surface area (Å²) in [6, 6.07) is 0. The zero-order valence-electron chi connectivity index (χ0n) is 3.69. The van der Waals surface area contributed by atoms with Gasteiger partial charge in [-0.1, -0.05) is 0 Å². The predicted octanol–water partition coefficient (Wildman–Crippen LogP) is -0.438. The molecule has 0 bridgehead atoms. The summed E-state index contributed by atoms with van der Waals surface area (Å²) in [5.74, 6) is 0.0463. The third-order valence-corrected chi connectivity index (χ3v) is 0.507. The molecule has 0 aromatic carbocycles. The van der Waals surface area contributed by atoms with Crippen LogP contribution in [0.4, 0.5) is 0 Å². The molecule has 0 saturated carbocycles. The van der Waals surface area contributed by atoms with Crippen LogP contribution in [0.3, 0.4) is 0 Å². The van der Waals surface area contributed by atoms with Gasteiger partial charge in [0.2, 0.25) is 0 Å². The van der Waals surface area contributed by atoms with Crippen molar-refractivity contribution >= 4 is 22.1 Å². The summed E-state index contributed by atoms with van der Waals surface area (Å²) >= 11 is 2.65. The smallest absolute Gasteiger partial charge is 0.197 e. The molecule has 0 amide bonds. The summed E-state index contributed by atoms with van der Waals surface area (Å²) < 4.78 is 3.17. The number of hydrogen-bond acceptors (Lipinski definition) is 1. The summed E-state index contributed by atoms with van der Waals surface area (Å²) in [4.78, 5) is 0. The van der Waals surface area contributed by atoms with Crippen molar-refractivity contribution in [1.82, 2.24) is 0 Å². The molecule has 0 aromatic rings. The van der Waals surface area contributed by atoms with Crippen molar-refractivity contribution in [1.29, 1.82) is 0 Å². The van der Waals surface area contributed by atoms with Crippen molar-refractivity contribution in [3.8, 4) is 0 Å². The minimum atomic E-state index is 0. The van der Waals surface area contributed by atoms with Crippen molar-refractivity contribution in [2.45, 2.75) is 0 Å². The fraction of sp³-hybridized carbons (Fsp3) is 0. The number of rotatable bonds is 0. The van der Waals surface area contributed by atoms with Gasteiger partial charge >= 0.3 is 0 Å². The zero-order chi connectivity index (χ0) is 4.28. The molecule has 2 radical (unpaired) electrons. The first kappa shape index (κ1) is 22.6. The van der Waals surface area contributed by atoms with E-state index in [9.17, 15) is 0 Å². The number of nitrogens with two attached hydrogens (primary N) is 2. The van der Waals surface area contributed by atoms with Crippen molar-refractivity contribution in [2.75, 3.05) is 0 Å². The van der Waals surface area contributed by atoms with E-state index in [0.717, 1.165) is 0 Å². The number of hydrogen-bond donors (Lipinski definition) is 2. The maximum absolute atomic E-state index is 4.77. The molecule has 0 spiro atoms. The molecule has 4 N–H and O–H groups in total. The first-order valence-electron chi connectivity index (χ1n) is 0.970. The quantitative estimate of drug-likeness (QED) is 0.356. The van der Waals surface area contributed by atoms with Gasteiger partial charge in [0.15, 0.2) is 5.96 Å². The van der Waals surface area contributed by atoms with E-state index >= 15 is 0 Å². The van der Waals surface area contributed by atoms with E-state index < -0.39 is 0 Å². The van der Waals surface area contributed by atoms with E-state index in [0.29, 0.717) is 0 Å². The van der Waals surface area contributed by atoms with Gasteiger partial charge in [-0.15, -0.1) is 0 Å². The van der Waals surface area contributed by atoms with Crippen molar-refractivity contribution < 1.29 is 60.1 Å². The Kier molecular flexibility index (Phi) is 44.8. The van der Waals surface area contributed by atoms with Crippen LogP contribution in [0, 0.1) is 0 Å². The van der Waals surface area contributed by atoms with Crippen LogP contribution in [0.2, 0.25) is 0 Å². The molecule has 0 aliphatic rings. The first-order chi connectivity index (χ1) is 2.27. The average Bonchev–Trinajstić information content (AvgIpc) is 1.38. The summed E-state index contributed by atoms with van der Waals surface area (Å²) in [5.41, 5.74) is 9.55. The van der Waals surface area contributed by atoms with E-state index in [2.05, 4.69) is 20.2 Å². The third kappa shape index (κ3) is 25.4. The Morgan fingerprint density at radius 3 is 1.50 bits per heavy atom. The molecule has 0 aliphatic carbocycles. The van der Waals surface area contributed by atoms with Crippen LogP contribution in [0.5, 0.6) is 0 Å². The van der Waals surface area contributed by atoms with Gasteiger partial charge in [0.25, 0.3) is 0 Å². The third-order valence-electron chi connectivity index (χ3n) is 0.0976. The van der Waals surface area contributed by atoms with Crippen molar-refractivity contribution in [2.24, 2.45) is 15.5 Å². The molecule has 0 aromatic heterocycles. The molecule has 0 unspecified atom stereocenters. The fourth-order valence-electron chi connectivity index (χ4n) is 0. The molecular weight excluding hydrogens is 339 g/mol. The number of halogens is 1. The van der Waals surface area contributed by atoms with Gasteiger partial charge in [0.1, 0.15) is 0 Å². The van der Waals surface area contributed by atoms with Gasteiger partial charge in [0.05, 0.1) is 16.1 Å².